The quantitative estimate of drug-likeness (QED) is 0.602. The molecule has 0 atom stereocenters. The van der Waals surface area contributed by atoms with Gasteiger partial charge in [0, 0.05) is 17.6 Å². The van der Waals surface area contributed by atoms with Crippen LogP contribution in [0, 0.1) is 13.0 Å². The van der Waals surface area contributed by atoms with Gasteiger partial charge in [-0.15, -0.1) is 0 Å². The molecule has 0 saturated heterocycles. The molecule has 1 aromatic carbocycles. The van der Waals surface area contributed by atoms with Crippen LogP contribution in [0.4, 0.5) is 0 Å². The van der Waals surface area contributed by atoms with E-state index >= 15 is 0 Å². The number of nitrogens with zero attached hydrogens (tertiary/aromatic N) is 1. The average molecular weight is 177 g/mol. The van der Waals surface area contributed by atoms with Gasteiger partial charge in [-0.3, -0.25) is 4.98 Å². The van der Waals surface area contributed by atoms with Crippen molar-refractivity contribution in [2.45, 2.75) is 6.92 Å². The highest BCUT2D eigenvalue weighted by Crippen LogP contribution is 2.16. The smallest absolute Gasteiger partial charge is 0.0796 e. The molecule has 0 unspecified atom stereocenters. The van der Waals surface area contributed by atoms with Gasteiger partial charge in [-0.25, -0.2) is 0 Å². The molecule has 0 N–H and O–H groups in total. The molecule has 0 amide bonds. The SMILES string of the molecule is Cc1cnc2[c]c(Cl)ccc2c1. The molecule has 0 aliphatic heterocycles. The Balaban J connectivity index is 2.79. The lowest BCUT2D eigenvalue weighted by molar-refractivity contribution is 1.33. The first-order valence-electron chi connectivity index (χ1n) is 3.70. The van der Waals surface area contributed by atoms with Gasteiger partial charge in [0.25, 0.3) is 0 Å². The zero-order valence-corrected chi connectivity index (χ0v) is 7.39. The van der Waals surface area contributed by atoms with Crippen molar-refractivity contribution in [2.75, 3.05) is 0 Å². The van der Waals surface area contributed by atoms with Crippen LogP contribution < -0.4 is 0 Å². The lowest BCUT2D eigenvalue weighted by atomic mass is 10.2. The normalized spacial score (nSPS) is 10.5. The molecular weight excluding hydrogens is 170 g/mol. The summed E-state index contributed by atoms with van der Waals surface area (Å²) in [6.07, 6.45) is 1.81. The van der Waals surface area contributed by atoms with Crippen molar-refractivity contribution < 1.29 is 0 Å². The van der Waals surface area contributed by atoms with Crippen molar-refractivity contribution in [1.29, 1.82) is 0 Å². The maximum Gasteiger partial charge on any atom is 0.0796 e. The average Bonchev–Trinajstić information content (AvgIpc) is 2.05. The van der Waals surface area contributed by atoms with Crippen molar-refractivity contribution in [3.05, 3.63) is 41.0 Å². The fraction of sp³-hybridized carbons (Fsp3) is 0.100. The third-order valence-electron chi connectivity index (χ3n) is 1.70. The second-order valence-electron chi connectivity index (χ2n) is 2.76. The van der Waals surface area contributed by atoms with Gasteiger partial charge >= 0.3 is 0 Å². The fourth-order valence-corrected chi connectivity index (χ4v) is 1.29. The first-order chi connectivity index (χ1) is 5.75. The Bertz CT molecular complexity index is 382. The Morgan fingerprint density at radius 1 is 1.42 bits per heavy atom. The fourth-order valence-electron chi connectivity index (χ4n) is 1.14. The molecule has 1 aromatic heterocycles. The molecule has 2 rings (SSSR count). The van der Waals surface area contributed by atoms with Gasteiger partial charge in [0.2, 0.25) is 0 Å². The van der Waals surface area contributed by atoms with E-state index in [0.717, 1.165) is 16.5 Å². The third kappa shape index (κ3) is 1.28. The molecule has 1 radical (unpaired) electrons. The molecule has 59 valence electrons. The number of halogens is 1. The monoisotopic (exact) mass is 176 g/mol. The van der Waals surface area contributed by atoms with Gasteiger partial charge in [-0.1, -0.05) is 17.7 Å². The van der Waals surface area contributed by atoms with Crippen LogP contribution in [0.15, 0.2) is 24.4 Å². The number of benzene rings is 1. The van der Waals surface area contributed by atoms with Crippen molar-refractivity contribution >= 4 is 22.5 Å². The molecule has 0 fully saturated rings. The molecule has 0 saturated carbocycles. The van der Waals surface area contributed by atoms with E-state index in [4.69, 9.17) is 11.6 Å². The molecule has 0 spiro atoms. The van der Waals surface area contributed by atoms with Crippen LogP contribution in [0.2, 0.25) is 5.02 Å². The molecule has 2 aromatic rings. The van der Waals surface area contributed by atoms with Crippen LogP contribution in [0.3, 0.4) is 0 Å². The van der Waals surface area contributed by atoms with Crippen molar-refractivity contribution in [1.82, 2.24) is 4.98 Å². The minimum absolute atomic E-state index is 0.610. The first kappa shape index (κ1) is 7.56. The number of hydrogen-bond acceptors (Lipinski definition) is 1. The molecule has 1 heterocycles. The Morgan fingerprint density at radius 2 is 2.25 bits per heavy atom. The zero-order chi connectivity index (χ0) is 8.55. The van der Waals surface area contributed by atoms with Crippen LogP contribution in [-0.4, -0.2) is 4.98 Å². The lowest BCUT2D eigenvalue weighted by Gasteiger charge is -1.97. The predicted molar refractivity (Wildman–Crippen MR) is 50.3 cm³/mol. The maximum absolute atomic E-state index is 5.76. The number of fused-ring (bicyclic) bond motifs is 1. The van der Waals surface area contributed by atoms with Crippen LogP contribution in [0.25, 0.3) is 10.9 Å². The van der Waals surface area contributed by atoms with Gasteiger partial charge < -0.3 is 0 Å². The summed E-state index contributed by atoms with van der Waals surface area (Å²) in [4.78, 5) is 4.20. The summed E-state index contributed by atoms with van der Waals surface area (Å²) in [5, 5.41) is 1.69. The second-order valence-corrected chi connectivity index (χ2v) is 3.16. The predicted octanol–water partition coefficient (Wildman–Crippen LogP) is 3.00. The van der Waals surface area contributed by atoms with E-state index in [1.165, 1.54) is 0 Å². The minimum atomic E-state index is 0.610. The molecule has 0 bridgehead atoms. The van der Waals surface area contributed by atoms with Crippen LogP contribution in [0.1, 0.15) is 5.56 Å². The summed E-state index contributed by atoms with van der Waals surface area (Å²) in [7, 11) is 0. The van der Waals surface area contributed by atoms with Gasteiger partial charge in [-0.2, -0.15) is 0 Å². The van der Waals surface area contributed by atoms with E-state index in [1.54, 1.807) is 0 Å². The minimum Gasteiger partial charge on any atom is -0.255 e. The Kier molecular flexibility index (Phi) is 1.74. The summed E-state index contributed by atoms with van der Waals surface area (Å²) in [6, 6.07) is 8.81. The van der Waals surface area contributed by atoms with Crippen molar-refractivity contribution in [3.8, 4) is 0 Å². The number of rotatable bonds is 0. The number of aryl methyl sites for hydroxylation is 1. The second kappa shape index (κ2) is 2.76. The summed E-state index contributed by atoms with van der Waals surface area (Å²) < 4.78 is 0. The summed E-state index contributed by atoms with van der Waals surface area (Å²) >= 11 is 5.76. The first-order valence-corrected chi connectivity index (χ1v) is 4.08. The van der Waals surface area contributed by atoms with E-state index in [-0.39, 0.29) is 0 Å². The topological polar surface area (TPSA) is 12.9 Å². The van der Waals surface area contributed by atoms with Crippen LogP contribution in [0.5, 0.6) is 0 Å². The van der Waals surface area contributed by atoms with E-state index in [2.05, 4.69) is 17.1 Å². The Morgan fingerprint density at radius 3 is 3.08 bits per heavy atom. The van der Waals surface area contributed by atoms with E-state index in [0.29, 0.717) is 5.02 Å². The summed E-state index contributed by atoms with van der Waals surface area (Å²) in [6.45, 7) is 2.01. The Labute approximate surface area is 76.0 Å². The molecule has 0 aliphatic carbocycles. The Hall–Kier alpha value is -1.08. The third-order valence-corrected chi connectivity index (χ3v) is 1.92. The molecule has 2 heteroatoms. The van der Waals surface area contributed by atoms with Crippen LogP contribution in [-0.2, 0) is 0 Å². The highest BCUT2D eigenvalue weighted by molar-refractivity contribution is 6.31. The van der Waals surface area contributed by atoms with Gasteiger partial charge in [0.1, 0.15) is 0 Å². The number of hydrogen-bond donors (Lipinski definition) is 0. The van der Waals surface area contributed by atoms with Gasteiger partial charge in [-0.05, 0) is 24.6 Å². The van der Waals surface area contributed by atoms with Gasteiger partial charge in [0.15, 0.2) is 0 Å². The van der Waals surface area contributed by atoms with Gasteiger partial charge in [0.05, 0.1) is 10.5 Å². The van der Waals surface area contributed by atoms with Crippen LogP contribution >= 0.6 is 11.6 Å². The molecule has 0 aliphatic rings. The zero-order valence-electron chi connectivity index (χ0n) is 6.63. The van der Waals surface area contributed by atoms with E-state index in [1.807, 2.05) is 25.3 Å². The van der Waals surface area contributed by atoms with E-state index < -0.39 is 0 Å². The number of pyridine rings is 1. The molecular formula is C10H7ClN. The number of aromatic nitrogens is 1. The molecule has 12 heavy (non-hydrogen) atoms. The highest BCUT2D eigenvalue weighted by atomic mass is 35.5. The van der Waals surface area contributed by atoms with E-state index in [9.17, 15) is 0 Å². The summed E-state index contributed by atoms with van der Waals surface area (Å²) in [5.41, 5.74) is 1.98. The molecule has 1 nitrogen and oxygen atoms in total. The summed E-state index contributed by atoms with van der Waals surface area (Å²) in [5.74, 6) is 0. The maximum atomic E-state index is 5.76. The van der Waals surface area contributed by atoms with Crippen molar-refractivity contribution in [3.63, 3.8) is 0 Å². The van der Waals surface area contributed by atoms with Crippen molar-refractivity contribution in [2.24, 2.45) is 0 Å². The highest BCUT2D eigenvalue weighted by Gasteiger charge is 1.95. The largest absolute Gasteiger partial charge is 0.255 e. The lowest BCUT2D eigenvalue weighted by Crippen LogP contribution is -1.80. The standard InChI is InChI=1S/C10H7ClN/c1-7-4-8-2-3-9(11)5-10(8)12-6-7/h2-4,6H,1H3.